The topological polar surface area (TPSA) is 44.1 Å². The van der Waals surface area contributed by atoms with Gasteiger partial charge in [0.1, 0.15) is 0 Å². The molecule has 1 rings (SSSR count). The SMILES string of the molecule is CC(C)CN(CCC#N)C(=O)c1cccc(C(F)(F)F)c1. The zero-order valence-electron chi connectivity index (χ0n) is 11.9. The van der Waals surface area contributed by atoms with Crippen LogP contribution in [0.5, 0.6) is 0 Å². The summed E-state index contributed by atoms with van der Waals surface area (Å²) in [6.45, 7) is 4.41. The summed E-state index contributed by atoms with van der Waals surface area (Å²) in [5.74, 6) is -0.316. The fraction of sp³-hybridized carbons (Fsp3) is 0.467. The first-order chi connectivity index (χ1) is 9.75. The molecule has 1 aromatic rings. The van der Waals surface area contributed by atoms with Crippen molar-refractivity contribution in [1.29, 1.82) is 5.26 Å². The molecule has 0 aliphatic rings. The van der Waals surface area contributed by atoms with Gasteiger partial charge in [0.15, 0.2) is 0 Å². The van der Waals surface area contributed by atoms with Crippen molar-refractivity contribution in [1.82, 2.24) is 4.90 Å². The second kappa shape index (κ2) is 7.11. The molecule has 21 heavy (non-hydrogen) atoms. The average molecular weight is 298 g/mol. The van der Waals surface area contributed by atoms with Crippen LogP contribution >= 0.6 is 0 Å². The van der Waals surface area contributed by atoms with Gasteiger partial charge in [-0.25, -0.2) is 0 Å². The molecule has 0 fully saturated rings. The summed E-state index contributed by atoms with van der Waals surface area (Å²) in [5, 5.41) is 8.62. The number of benzene rings is 1. The number of amides is 1. The molecule has 0 spiro atoms. The minimum Gasteiger partial charge on any atom is -0.337 e. The first-order valence-electron chi connectivity index (χ1n) is 6.59. The number of hydrogen-bond acceptors (Lipinski definition) is 2. The Hall–Kier alpha value is -2.03. The molecular formula is C15H17F3N2O. The third-order valence-corrected chi connectivity index (χ3v) is 2.80. The average Bonchev–Trinajstić information content (AvgIpc) is 2.41. The molecule has 0 saturated carbocycles. The van der Waals surface area contributed by atoms with Crippen molar-refractivity contribution in [3.8, 4) is 6.07 Å². The van der Waals surface area contributed by atoms with Crippen molar-refractivity contribution in [3.63, 3.8) is 0 Å². The zero-order valence-corrected chi connectivity index (χ0v) is 11.9. The van der Waals surface area contributed by atoms with E-state index in [0.29, 0.717) is 6.54 Å². The van der Waals surface area contributed by atoms with Crippen molar-refractivity contribution in [2.24, 2.45) is 5.92 Å². The summed E-state index contributed by atoms with van der Waals surface area (Å²) in [6, 6.07) is 6.29. The highest BCUT2D eigenvalue weighted by molar-refractivity contribution is 5.94. The molecule has 0 saturated heterocycles. The van der Waals surface area contributed by atoms with E-state index in [2.05, 4.69) is 0 Å². The first kappa shape index (κ1) is 17.0. The molecule has 1 aromatic carbocycles. The van der Waals surface area contributed by atoms with E-state index >= 15 is 0 Å². The molecule has 0 bridgehead atoms. The molecule has 114 valence electrons. The predicted octanol–water partition coefficient (Wildman–Crippen LogP) is 3.72. The van der Waals surface area contributed by atoms with Crippen molar-refractivity contribution < 1.29 is 18.0 Å². The Bertz CT molecular complexity index is 532. The monoisotopic (exact) mass is 298 g/mol. The Morgan fingerprint density at radius 3 is 2.57 bits per heavy atom. The second-order valence-corrected chi connectivity index (χ2v) is 5.13. The van der Waals surface area contributed by atoms with Crippen LogP contribution in [-0.2, 0) is 6.18 Å². The predicted molar refractivity (Wildman–Crippen MR) is 72.4 cm³/mol. The van der Waals surface area contributed by atoms with E-state index in [1.165, 1.54) is 17.0 Å². The van der Waals surface area contributed by atoms with Crippen molar-refractivity contribution in [2.75, 3.05) is 13.1 Å². The lowest BCUT2D eigenvalue weighted by Gasteiger charge is -2.24. The third kappa shape index (κ3) is 5.10. The van der Waals surface area contributed by atoms with Gasteiger partial charge in [-0.05, 0) is 24.1 Å². The van der Waals surface area contributed by atoms with Gasteiger partial charge in [0.25, 0.3) is 5.91 Å². The first-order valence-corrected chi connectivity index (χ1v) is 6.59. The van der Waals surface area contributed by atoms with Gasteiger partial charge in [-0.2, -0.15) is 18.4 Å². The normalized spacial score (nSPS) is 11.3. The smallest absolute Gasteiger partial charge is 0.337 e. The lowest BCUT2D eigenvalue weighted by atomic mass is 10.1. The molecule has 0 N–H and O–H groups in total. The maximum Gasteiger partial charge on any atom is 0.416 e. The largest absolute Gasteiger partial charge is 0.416 e. The summed E-state index contributed by atoms with van der Waals surface area (Å²) in [6.07, 6.45) is -4.33. The Kier molecular flexibility index (Phi) is 5.77. The highest BCUT2D eigenvalue weighted by atomic mass is 19.4. The minimum absolute atomic E-state index is 0.0107. The van der Waals surface area contributed by atoms with Gasteiger partial charge in [-0.3, -0.25) is 4.79 Å². The fourth-order valence-electron chi connectivity index (χ4n) is 1.91. The van der Waals surface area contributed by atoms with Crippen LogP contribution in [0, 0.1) is 17.2 Å². The van der Waals surface area contributed by atoms with E-state index in [1.807, 2.05) is 19.9 Å². The van der Waals surface area contributed by atoms with Gasteiger partial charge in [-0.15, -0.1) is 0 Å². The van der Waals surface area contributed by atoms with E-state index in [0.717, 1.165) is 12.1 Å². The highest BCUT2D eigenvalue weighted by Crippen LogP contribution is 2.29. The molecule has 0 aliphatic carbocycles. The van der Waals surface area contributed by atoms with Crippen molar-refractivity contribution in [2.45, 2.75) is 26.4 Å². The number of alkyl halides is 3. The van der Waals surface area contributed by atoms with Crippen molar-refractivity contribution in [3.05, 3.63) is 35.4 Å². The molecule has 1 amide bonds. The van der Waals surface area contributed by atoms with E-state index in [-0.39, 0.29) is 24.4 Å². The highest BCUT2D eigenvalue weighted by Gasteiger charge is 2.31. The molecule has 0 aliphatic heterocycles. The van der Waals surface area contributed by atoms with E-state index in [4.69, 9.17) is 5.26 Å². The van der Waals surface area contributed by atoms with E-state index in [9.17, 15) is 18.0 Å². The number of halogens is 3. The molecule has 6 heteroatoms. The fourth-order valence-corrected chi connectivity index (χ4v) is 1.91. The van der Waals surface area contributed by atoms with Gasteiger partial charge < -0.3 is 4.90 Å². The quantitative estimate of drug-likeness (QED) is 0.831. The molecular weight excluding hydrogens is 281 g/mol. The Labute approximate surface area is 122 Å². The van der Waals surface area contributed by atoms with Gasteiger partial charge in [0, 0.05) is 18.7 Å². The standard InChI is InChI=1S/C15H17F3N2O/c1-11(2)10-20(8-4-7-19)14(21)12-5-3-6-13(9-12)15(16,17)18/h3,5-6,9,11H,4,8,10H2,1-2H3. The van der Waals surface area contributed by atoms with Crippen molar-refractivity contribution >= 4 is 5.91 Å². The summed E-state index contributed by atoms with van der Waals surface area (Å²) in [7, 11) is 0. The number of nitriles is 1. The zero-order chi connectivity index (χ0) is 16.0. The van der Waals surface area contributed by atoms with E-state index in [1.54, 1.807) is 0 Å². The molecule has 0 atom stereocenters. The number of hydrogen-bond donors (Lipinski definition) is 0. The summed E-state index contributed by atoms with van der Waals surface area (Å²) in [5.41, 5.74) is -0.860. The number of carbonyl (C=O) groups is 1. The summed E-state index contributed by atoms with van der Waals surface area (Å²) >= 11 is 0. The summed E-state index contributed by atoms with van der Waals surface area (Å²) < 4.78 is 38.0. The Morgan fingerprint density at radius 2 is 2.05 bits per heavy atom. The molecule has 0 radical (unpaired) electrons. The lowest BCUT2D eigenvalue weighted by molar-refractivity contribution is -0.137. The van der Waals surface area contributed by atoms with Gasteiger partial charge in [-0.1, -0.05) is 19.9 Å². The minimum atomic E-state index is -4.48. The summed E-state index contributed by atoms with van der Waals surface area (Å²) in [4.78, 5) is 13.7. The molecule has 0 unspecified atom stereocenters. The number of nitrogens with zero attached hydrogens (tertiary/aromatic N) is 2. The molecule has 3 nitrogen and oxygen atoms in total. The Morgan fingerprint density at radius 1 is 1.38 bits per heavy atom. The third-order valence-electron chi connectivity index (χ3n) is 2.80. The van der Waals surface area contributed by atoms with Crippen LogP contribution in [0.3, 0.4) is 0 Å². The van der Waals surface area contributed by atoms with Crippen LogP contribution < -0.4 is 0 Å². The maximum absolute atomic E-state index is 12.7. The van der Waals surface area contributed by atoms with Gasteiger partial charge in [0.2, 0.25) is 0 Å². The number of carbonyl (C=O) groups excluding carboxylic acids is 1. The van der Waals surface area contributed by atoms with Crippen LogP contribution in [0.1, 0.15) is 36.2 Å². The number of rotatable bonds is 5. The molecule has 0 aromatic heterocycles. The van der Waals surface area contributed by atoms with E-state index < -0.39 is 17.6 Å². The van der Waals surface area contributed by atoms with Crippen LogP contribution in [0.15, 0.2) is 24.3 Å². The second-order valence-electron chi connectivity index (χ2n) is 5.13. The Balaban J connectivity index is 3.00. The van der Waals surface area contributed by atoms with Gasteiger partial charge >= 0.3 is 6.18 Å². The van der Waals surface area contributed by atoms with Gasteiger partial charge in [0.05, 0.1) is 18.1 Å². The lowest BCUT2D eigenvalue weighted by Crippen LogP contribution is -2.35. The van der Waals surface area contributed by atoms with Crippen LogP contribution in [-0.4, -0.2) is 23.9 Å². The van der Waals surface area contributed by atoms with Crippen LogP contribution in [0.25, 0.3) is 0 Å². The molecule has 0 heterocycles. The van der Waals surface area contributed by atoms with Crippen LogP contribution in [0.2, 0.25) is 0 Å². The maximum atomic E-state index is 12.7. The van der Waals surface area contributed by atoms with Crippen LogP contribution in [0.4, 0.5) is 13.2 Å².